The molecule has 104 valence electrons. The maximum atomic E-state index is 11.3. The predicted molar refractivity (Wildman–Crippen MR) is 74.1 cm³/mol. The van der Waals surface area contributed by atoms with Crippen molar-refractivity contribution in [3.63, 3.8) is 0 Å². The highest BCUT2D eigenvalue weighted by atomic mass is 16.5. The molecule has 2 rings (SSSR count). The van der Waals surface area contributed by atoms with Gasteiger partial charge in [-0.2, -0.15) is 0 Å². The summed E-state index contributed by atoms with van der Waals surface area (Å²) in [7, 11) is 1.39. The Bertz CT molecular complexity index is 411. The van der Waals surface area contributed by atoms with E-state index >= 15 is 0 Å². The van der Waals surface area contributed by atoms with Gasteiger partial charge in [-0.15, -0.1) is 0 Å². The quantitative estimate of drug-likeness (QED) is 0.849. The number of methoxy groups -OCH3 is 1. The highest BCUT2D eigenvalue weighted by Gasteiger charge is 2.22. The Labute approximate surface area is 114 Å². The summed E-state index contributed by atoms with van der Waals surface area (Å²) < 4.78 is 4.67. The molecule has 3 heteroatoms. The van der Waals surface area contributed by atoms with E-state index in [4.69, 9.17) is 0 Å². The molecule has 0 spiro atoms. The molecule has 1 N–H and O–H groups in total. The zero-order chi connectivity index (χ0) is 13.7. The van der Waals surface area contributed by atoms with Crippen molar-refractivity contribution in [1.29, 1.82) is 0 Å². The molecule has 0 bridgehead atoms. The molecule has 0 aliphatic heterocycles. The van der Waals surface area contributed by atoms with E-state index in [1.165, 1.54) is 19.1 Å². The van der Waals surface area contributed by atoms with Crippen LogP contribution in [0.3, 0.4) is 0 Å². The van der Waals surface area contributed by atoms with Gasteiger partial charge in [-0.3, -0.25) is 0 Å². The van der Waals surface area contributed by atoms with Crippen LogP contribution in [-0.4, -0.2) is 24.3 Å². The van der Waals surface area contributed by atoms with Crippen molar-refractivity contribution in [1.82, 2.24) is 0 Å². The van der Waals surface area contributed by atoms with Crippen molar-refractivity contribution in [2.24, 2.45) is 5.92 Å². The summed E-state index contributed by atoms with van der Waals surface area (Å²) in [6, 6.07) is 7.56. The van der Waals surface area contributed by atoms with Gasteiger partial charge in [0.15, 0.2) is 0 Å². The number of aliphatic hydroxyl groups is 1. The van der Waals surface area contributed by atoms with Crippen molar-refractivity contribution >= 4 is 5.97 Å². The third-order valence-electron chi connectivity index (χ3n) is 4.05. The fourth-order valence-electron chi connectivity index (χ4n) is 2.80. The monoisotopic (exact) mass is 262 g/mol. The summed E-state index contributed by atoms with van der Waals surface area (Å²) >= 11 is 0. The van der Waals surface area contributed by atoms with Crippen molar-refractivity contribution < 1.29 is 14.6 Å². The zero-order valence-corrected chi connectivity index (χ0v) is 11.5. The molecule has 1 saturated carbocycles. The van der Waals surface area contributed by atoms with Gasteiger partial charge >= 0.3 is 5.97 Å². The normalized spacial score (nSPS) is 23.1. The first-order valence-electron chi connectivity index (χ1n) is 7.06. The highest BCUT2D eigenvalue weighted by Crippen LogP contribution is 2.28. The number of benzene rings is 1. The minimum absolute atomic E-state index is 0.122. The molecule has 19 heavy (non-hydrogen) atoms. The van der Waals surface area contributed by atoms with E-state index in [-0.39, 0.29) is 12.1 Å². The number of carbonyl (C=O) groups excluding carboxylic acids is 1. The van der Waals surface area contributed by atoms with Gasteiger partial charge in [0, 0.05) is 0 Å². The van der Waals surface area contributed by atoms with E-state index in [0.717, 1.165) is 32.1 Å². The number of aliphatic hydroxyl groups excluding tert-OH is 1. The van der Waals surface area contributed by atoms with Crippen LogP contribution in [0.2, 0.25) is 0 Å². The molecule has 1 aromatic rings. The molecule has 0 unspecified atom stereocenters. The average molecular weight is 262 g/mol. The van der Waals surface area contributed by atoms with Crippen LogP contribution in [-0.2, 0) is 11.2 Å². The van der Waals surface area contributed by atoms with Gasteiger partial charge in [0.05, 0.1) is 18.8 Å². The molecular formula is C16H22O3. The summed E-state index contributed by atoms with van der Waals surface area (Å²) in [5, 5.41) is 9.93. The molecule has 0 heterocycles. The minimum Gasteiger partial charge on any atom is -0.465 e. The van der Waals surface area contributed by atoms with Crippen LogP contribution >= 0.6 is 0 Å². The first-order valence-corrected chi connectivity index (χ1v) is 7.06. The lowest BCUT2D eigenvalue weighted by molar-refractivity contribution is 0.0600. The standard InChI is InChI=1S/C16H22O3/c1-19-16(18)14-10-7-12(8-11-14)6-9-13-4-2-3-5-15(13)17/h7-8,10-11,13,15,17H,2-6,9H2,1H3/t13-,15+/m1/s1. The third kappa shape index (κ3) is 3.80. The lowest BCUT2D eigenvalue weighted by atomic mass is 9.83. The summed E-state index contributed by atoms with van der Waals surface area (Å²) in [5.74, 6) is 0.142. The van der Waals surface area contributed by atoms with Crippen molar-refractivity contribution in [2.45, 2.75) is 44.6 Å². The topological polar surface area (TPSA) is 46.5 Å². The number of rotatable bonds is 4. The van der Waals surface area contributed by atoms with Gasteiger partial charge < -0.3 is 9.84 Å². The van der Waals surface area contributed by atoms with Gasteiger partial charge in [0.25, 0.3) is 0 Å². The Hall–Kier alpha value is -1.35. The molecular weight excluding hydrogens is 240 g/mol. The van der Waals surface area contributed by atoms with E-state index in [0.29, 0.717) is 11.5 Å². The second kappa shape index (κ2) is 6.71. The van der Waals surface area contributed by atoms with Crippen LogP contribution in [0.4, 0.5) is 0 Å². The van der Waals surface area contributed by atoms with Crippen LogP contribution < -0.4 is 0 Å². The summed E-state index contributed by atoms with van der Waals surface area (Å²) in [6.07, 6.45) is 6.35. The molecule has 0 saturated heterocycles. The van der Waals surface area contributed by atoms with Gasteiger partial charge in [0.2, 0.25) is 0 Å². The summed E-state index contributed by atoms with van der Waals surface area (Å²) in [5.41, 5.74) is 1.80. The highest BCUT2D eigenvalue weighted by molar-refractivity contribution is 5.89. The van der Waals surface area contributed by atoms with E-state index < -0.39 is 0 Å². The summed E-state index contributed by atoms with van der Waals surface area (Å²) in [4.78, 5) is 11.3. The minimum atomic E-state index is -0.297. The molecule has 0 aromatic heterocycles. The Kier molecular flexibility index (Phi) is 4.97. The van der Waals surface area contributed by atoms with Crippen molar-refractivity contribution in [3.8, 4) is 0 Å². The van der Waals surface area contributed by atoms with Crippen molar-refractivity contribution in [2.75, 3.05) is 7.11 Å². The van der Waals surface area contributed by atoms with Gasteiger partial charge in [0.1, 0.15) is 0 Å². The van der Waals surface area contributed by atoms with Crippen molar-refractivity contribution in [3.05, 3.63) is 35.4 Å². The van der Waals surface area contributed by atoms with Gasteiger partial charge in [-0.25, -0.2) is 4.79 Å². The second-order valence-electron chi connectivity index (χ2n) is 5.34. The van der Waals surface area contributed by atoms with E-state index in [2.05, 4.69) is 4.74 Å². The fraction of sp³-hybridized carbons (Fsp3) is 0.562. The van der Waals surface area contributed by atoms with E-state index in [1.807, 2.05) is 12.1 Å². The number of aryl methyl sites for hydroxylation is 1. The maximum Gasteiger partial charge on any atom is 0.337 e. The van der Waals surface area contributed by atoms with Crippen LogP contribution in [0, 0.1) is 5.92 Å². The lowest BCUT2D eigenvalue weighted by Crippen LogP contribution is -2.24. The maximum absolute atomic E-state index is 11.3. The molecule has 2 atom stereocenters. The lowest BCUT2D eigenvalue weighted by Gasteiger charge is -2.27. The largest absolute Gasteiger partial charge is 0.465 e. The van der Waals surface area contributed by atoms with Crippen LogP contribution in [0.15, 0.2) is 24.3 Å². The molecule has 3 nitrogen and oxygen atoms in total. The van der Waals surface area contributed by atoms with Crippen LogP contribution in [0.25, 0.3) is 0 Å². The number of ether oxygens (including phenoxy) is 1. The molecule has 1 aromatic carbocycles. The SMILES string of the molecule is COC(=O)c1ccc(CC[C@H]2CCCC[C@@H]2O)cc1. The van der Waals surface area contributed by atoms with E-state index in [1.54, 1.807) is 12.1 Å². The van der Waals surface area contributed by atoms with Gasteiger partial charge in [-0.1, -0.05) is 25.0 Å². The number of esters is 1. The predicted octanol–water partition coefficient (Wildman–Crippen LogP) is 2.96. The van der Waals surface area contributed by atoms with Gasteiger partial charge in [-0.05, 0) is 49.3 Å². The Morgan fingerprint density at radius 3 is 2.58 bits per heavy atom. The Morgan fingerprint density at radius 2 is 1.95 bits per heavy atom. The fourth-order valence-corrected chi connectivity index (χ4v) is 2.80. The third-order valence-corrected chi connectivity index (χ3v) is 4.05. The van der Waals surface area contributed by atoms with Crippen LogP contribution in [0.1, 0.15) is 48.0 Å². The Morgan fingerprint density at radius 1 is 1.26 bits per heavy atom. The zero-order valence-electron chi connectivity index (χ0n) is 11.5. The molecule has 1 fully saturated rings. The number of carbonyl (C=O) groups is 1. The second-order valence-corrected chi connectivity index (χ2v) is 5.34. The molecule has 0 amide bonds. The Balaban J connectivity index is 1.87. The molecule has 1 aliphatic carbocycles. The van der Waals surface area contributed by atoms with E-state index in [9.17, 15) is 9.90 Å². The smallest absolute Gasteiger partial charge is 0.337 e. The first kappa shape index (κ1) is 14.1. The van der Waals surface area contributed by atoms with Crippen LogP contribution in [0.5, 0.6) is 0 Å². The molecule has 0 radical (unpaired) electrons. The average Bonchev–Trinajstić information content (AvgIpc) is 2.46. The summed E-state index contributed by atoms with van der Waals surface area (Å²) in [6.45, 7) is 0. The first-order chi connectivity index (χ1) is 9.20. The number of hydrogen-bond donors (Lipinski definition) is 1. The number of hydrogen-bond acceptors (Lipinski definition) is 3. The molecule has 1 aliphatic rings.